The number of carbonyl (C=O) groups excluding carboxylic acids is 2. The molecular formula is C18H20N2O4. The number of hydrogen-bond acceptors (Lipinski definition) is 5. The standard InChI is InChI=1S/C18H20N2O4/c1-10-5-11(2)7-12(6-10)17(21)20-18(22)16-14(19)8-13(23-3)9-15(16)24-4/h5-9H,19H2,1-4H3,(H,20,21,22). The predicted molar refractivity (Wildman–Crippen MR) is 91.7 cm³/mol. The van der Waals surface area contributed by atoms with Crippen LogP contribution in [0.3, 0.4) is 0 Å². The highest BCUT2D eigenvalue weighted by molar-refractivity contribution is 6.13. The Morgan fingerprint density at radius 1 is 0.917 bits per heavy atom. The Kier molecular flexibility index (Phi) is 5.08. The summed E-state index contributed by atoms with van der Waals surface area (Å²) in [4.78, 5) is 24.8. The SMILES string of the molecule is COc1cc(N)c(C(=O)NC(=O)c2cc(C)cc(C)c2)c(OC)c1. The lowest BCUT2D eigenvalue weighted by molar-refractivity contribution is 0.0848. The van der Waals surface area contributed by atoms with E-state index < -0.39 is 11.8 Å². The fraction of sp³-hybridized carbons (Fsp3) is 0.222. The Morgan fingerprint density at radius 3 is 2.08 bits per heavy atom. The zero-order valence-corrected chi connectivity index (χ0v) is 14.1. The van der Waals surface area contributed by atoms with Crippen LogP contribution in [0.25, 0.3) is 0 Å². The predicted octanol–water partition coefficient (Wildman–Crippen LogP) is 2.47. The molecule has 0 aliphatic rings. The second kappa shape index (κ2) is 7.04. The van der Waals surface area contributed by atoms with E-state index in [0.717, 1.165) is 11.1 Å². The number of methoxy groups -OCH3 is 2. The summed E-state index contributed by atoms with van der Waals surface area (Å²) >= 11 is 0. The number of ether oxygens (including phenoxy) is 2. The van der Waals surface area contributed by atoms with Gasteiger partial charge in [-0.05, 0) is 26.0 Å². The van der Waals surface area contributed by atoms with Crippen molar-refractivity contribution in [2.45, 2.75) is 13.8 Å². The fourth-order valence-corrected chi connectivity index (χ4v) is 2.48. The minimum absolute atomic E-state index is 0.0935. The van der Waals surface area contributed by atoms with Crippen molar-refractivity contribution in [1.29, 1.82) is 0 Å². The Bertz CT molecular complexity index is 780. The Labute approximate surface area is 140 Å². The molecule has 126 valence electrons. The lowest BCUT2D eigenvalue weighted by Gasteiger charge is -2.13. The third-order valence-corrected chi connectivity index (χ3v) is 3.50. The number of nitrogen functional groups attached to an aromatic ring is 1. The molecule has 6 nitrogen and oxygen atoms in total. The minimum Gasteiger partial charge on any atom is -0.497 e. The summed E-state index contributed by atoms with van der Waals surface area (Å²) in [6.45, 7) is 3.77. The third-order valence-electron chi connectivity index (χ3n) is 3.50. The Morgan fingerprint density at radius 2 is 1.54 bits per heavy atom. The Balaban J connectivity index is 2.31. The molecule has 0 atom stereocenters. The molecular weight excluding hydrogens is 308 g/mol. The maximum absolute atomic E-state index is 12.5. The largest absolute Gasteiger partial charge is 0.497 e. The van der Waals surface area contributed by atoms with E-state index in [1.165, 1.54) is 26.4 Å². The average molecular weight is 328 g/mol. The molecule has 0 aliphatic carbocycles. The van der Waals surface area contributed by atoms with E-state index in [1.54, 1.807) is 12.1 Å². The monoisotopic (exact) mass is 328 g/mol. The molecule has 0 bridgehead atoms. The van der Waals surface area contributed by atoms with Gasteiger partial charge >= 0.3 is 0 Å². The highest BCUT2D eigenvalue weighted by Gasteiger charge is 2.20. The normalized spacial score (nSPS) is 10.2. The van der Waals surface area contributed by atoms with E-state index in [1.807, 2.05) is 19.9 Å². The molecule has 0 aliphatic heterocycles. The van der Waals surface area contributed by atoms with Crippen LogP contribution in [0.1, 0.15) is 31.8 Å². The molecule has 0 saturated carbocycles. The van der Waals surface area contributed by atoms with Crippen LogP contribution in [0.5, 0.6) is 11.5 Å². The van der Waals surface area contributed by atoms with Crippen molar-refractivity contribution in [2.24, 2.45) is 0 Å². The molecule has 0 heterocycles. The number of nitrogens with two attached hydrogens (primary N) is 1. The first-order valence-electron chi connectivity index (χ1n) is 7.31. The lowest BCUT2D eigenvalue weighted by Crippen LogP contribution is -2.31. The summed E-state index contributed by atoms with van der Waals surface area (Å²) in [6.07, 6.45) is 0. The van der Waals surface area contributed by atoms with E-state index >= 15 is 0 Å². The smallest absolute Gasteiger partial charge is 0.263 e. The van der Waals surface area contributed by atoms with E-state index in [4.69, 9.17) is 15.2 Å². The summed E-state index contributed by atoms with van der Waals surface area (Å²) < 4.78 is 10.3. The van der Waals surface area contributed by atoms with E-state index in [2.05, 4.69) is 5.32 Å². The topological polar surface area (TPSA) is 90.6 Å². The number of aryl methyl sites for hydroxylation is 2. The van der Waals surface area contributed by atoms with Crippen LogP contribution in [-0.4, -0.2) is 26.0 Å². The van der Waals surface area contributed by atoms with Crippen molar-refractivity contribution in [2.75, 3.05) is 20.0 Å². The quantitative estimate of drug-likeness (QED) is 0.664. The fourth-order valence-electron chi connectivity index (χ4n) is 2.48. The molecule has 6 heteroatoms. The zero-order valence-electron chi connectivity index (χ0n) is 14.1. The number of rotatable bonds is 4. The first-order chi connectivity index (χ1) is 11.3. The van der Waals surface area contributed by atoms with Gasteiger partial charge in [-0.1, -0.05) is 17.2 Å². The second-order valence-corrected chi connectivity index (χ2v) is 5.45. The summed E-state index contributed by atoms with van der Waals surface area (Å²) in [6, 6.07) is 8.41. The first kappa shape index (κ1) is 17.3. The van der Waals surface area contributed by atoms with E-state index in [0.29, 0.717) is 11.3 Å². The second-order valence-electron chi connectivity index (χ2n) is 5.45. The number of anilines is 1. The number of benzene rings is 2. The van der Waals surface area contributed by atoms with Gasteiger partial charge in [-0.15, -0.1) is 0 Å². The van der Waals surface area contributed by atoms with Crippen LogP contribution in [0.2, 0.25) is 0 Å². The van der Waals surface area contributed by atoms with Gasteiger partial charge in [0, 0.05) is 17.7 Å². The van der Waals surface area contributed by atoms with Crippen LogP contribution in [-0.2, 0) is 0 Å². The maximum atomic E-state index is 12.5. The Hall–Kier alpha value is -3.02. The molecule has 24 heavy (non-hydrogen) atoms. The lowest BCUT2D eigenvalue weighted by atomic mass is 10.1. The van der Waals surface area contributed by atoms with Gasteiger partial charge in [-0.3, -0.25) is 14.9 Å². The number of carbonyl (C=O) groups is 2. The van der Waals surface area contributed by atoms with Crippen molar-refractivity contribution in [1.82, 2.24) is 5.32 Å². The highest BCUT2D eigenvalue weighted by Crippen LogP contribution is 2.30. The summed E-state index contributed by atoms with van der Waals surface area (Å²) in [7, 11) is 2.90. The van der Waals surface area contributed by atoms with Gasteiger partial charge in [0.05, 0.1) is 19.9 Å². The van der Waals surface area contributed by atoms with Gasteiger partial charge in [0.1, 0.15) is 17.1 Å². The summed E-state index contributed by atoms with van der Waals surface area (Å²) in [5.41, 5.74) is 8.45. The molecule has 3 N–H and O–H groups in total. The van der Waals surface area contributed by atoms with Crippen LogP contribution in [0.15, 0.2) is 30.3 Å². The molecule has 0 unspecified atom stereocenters. The van der Waals surface area contributed by atoms with Crippen molar-refractivity contribution >= 4 is 17.5 Å². The summed E-state index contributed by atoms with van der Waals surface area (Å²) in [5, 5.41) is 2.34. The van der Waals surface area contributed by atoms with Gasteiger partial charge in [0.2, 0.25) is 0 Å². The van der Waals surface area contributed by atoms with Gasteiger partial charge in [0.25, 0.3) is 11.8 Å². The van der Waals surface area contributed by atoms with E-state index in [9.17, 15) is 9.59 Å². The van der Waals surface area contributed by atoms with Gasteiger partial charge < -0.3 is 15.2 Å². The molecule has 2 amide bonds. The van der Waals surface area contributed by atoms with Crippen molar-refractivity contribution in [3.63, 3.8) is 0 Å². The van der Waals surface area contributed by atoms with Gasteiger partial charge in [0.15, 0.2) is 0 Å². The van der Waals surface area contributed by atoms with Crippen molar-refractivity contribution in [3.05, 3.63) is 52.6 Å². The van der Waals surface area contributed by atoms with Crippen molar-refractivity contribution in [3.8, 4) is 11.5 Å². The minimum atomic E-state index is -0.629. The van der Waals surface area contributed by atoms with Crippen LogP contribution < -0.4 is 20.5 Å². The number of imide groups is 1. The molecule has 2 aromatic carbocycles. The zero-order chi connectivity index (χ0) is 17.9. The number of hydrogen-bond donors (Lipinski definition) is 2. The molecule has 2 aromatic rings. The van der Waals surface area contributed by atoms with Gasteiger partial charge in [-0.2, -0.15) is 0 Å². The first-order valence-corrected chi connectivity index (χ1v) is 7.31. The van der Waals surface area contributed by atoms with Crippen LogP contribution in [0.4, 0.5) is 5.69 Å². The molecule has 2 rings (SSSR count). The third kappa shape index (κ3) is 3.65. The van der Waals surface area contributed by atoms with Gasteiger partial charge in [-0.25, -0.2) is 0 Å². The average Bonchev–Trinajstić information content (AvgIpc) is 2.52. The molecule has 0 spiro atoms. The van der Waals surface area contributed by atoms with Crippen molar-refractivity contribution < 1.29 is 19.1 Å². The summed E-state index contributed by atoms with van der Waals surface area (Å²) in [5.74, 6) is -0.431. The highest BCUT2D eigenvalue weighted by atomic mass is 16.5. The van der Waals surface area contributed by atoms with Crippen LogP contribution >= 0.6 is 0 Å². The molecule has 0 fully saturated rings. The molecule has 0 aromatic heterocycles. The van der Waals surface area contributed by atoms with Crippen LogP contribution in [0, 0.1) is 13.8 Å². The molecule has 0 saturated heterocycles. The number of amides is 2. The molecule has 0 radical (unpaired) electrons. The maximum Gasteiger partial charge on any atom is 0.263 e. The van der Waals surface area contributed by atoms with E-state index in [-0.39, 0.29) is 17.0 Å². The number of nitrogens with one attached hydrogen (secondary N) is 1.